The third-order valence-corrected chi connectivity index (χ3v) is 2.81. The molecule has 2 N–H and O–H groups in total. The first-order chi connectivity index (χ1) is 7.63. The van der Waals surface area contributed by atoms with Gasteiger partial charge in [-0.15, -0.1) is 0 Å². The van der Waals surface area contributed by atoms with E-state index in [1.165, 1.54) is 6.92 Å². The fourth-order valence-electron chi connectivity index (χ4n) is 1.69. The van der Waals surface area contributed by atoms with Gasteiger partial charge in [0.05, 0.1) is 5.56 Å². The van der Waals surface area contributed by atoms with E-state index < -0.39 is 0 Å². The van der Waals surface area contributed by atoms with Crippen LogP contribution in [-0.2, 0) is 4.74 Å². The zero-order valence-corrected chi connectivity index (χ0v) is 9.49. The summed E-state index contributed by atoms with van der Waals surface area (Å²) in [6, 6.07) is 0. The van der Waals surface area contributed by atoms with Gasteiger partial charge in [0.15, 0.2) is 0 Å². The SMILES string of the molecule is CCOC(c1nc(O)c(C)c(=O)[nH]1)C1CC1. The van der Waals surface area contributed by atoms with Crippen molar-refractivity contribution in [1.82, 2.24) is 9.97 Å². The molecule has 1 unspecified atom stereocenters. The molecule has 0 spiro atoms. The van der Waals surface area contributed by atoms with Crippen molar-refractivity contribution in [1.29, 1.82) is 0 Å². The van der Waals surface area contributed by atoms with Gasteiger partial charge in [-0.05, 0) is 32.6 Å². The van der Waals surface area contributed by atoms with Gasteiger partial charge in [0.1, 0.15) is 11.9 Å². The molecule has 1 atom stereocenters. The summed E-state index contributed by atoms with van der Waals surface area (Å²) in [7, 11) is 0. The van der Waals surface area contributed by atoms with Gasteiger partial charge < -0.3 is 14.8 Å². The van der Waals surface area contributed by atoms with Crippen molar-refractivity contribution in [2.45, 2.75) is 32.8 Å². The molecular formula is C11H16N2O3. The average molecular weight is 224 g/mol. The number of nitrogens with zero attached hydrogens (tertiary/aromatic N) is 1. The second kappa shape index (κ2) is 4.25. The van der Waals surface area contributed by atoms with E-state index >= 15 is 0 Å². The highest BCUT2D eigenvalue weighted by molar-refractivity contribution is 5.21. The highest BCUT2D eigenvalue weighted by Crippen LogP contribution is 2.42. The Kier molecular flexibility index (Phi) is 2.96. The van der Waals surface area contributed by atoms with Gasteiger partial charge in [-0.3, -0.25) is 4.79 Å². The molecule has 16 heavy (non-hydrogen) atoms. The Morgan fingerprint density at radius 3 is 2.81 bits per heavy atom. The molecule has 0 amide bonds. The smallest absolute Gasteiger partial charge is 0.257 e. The summed E-state index contributed by atoms with van der Waals surface area (Å²) in [5, 5.41) is 9.51. The topological polar surface area (TPSA) is 75.2 Å². The molecule has 0 bridgehead atoms. The zero-order valence-electron chi connectivity index (χ0n) is 9.49. The van der Waals surface area contributed by atoms with Crippen LogP contribution in [0.15, 0.2) is 4.79 Å². The third kappa shape index (κ3) is 2.09. The lowest BCUT2D eigenvalue weighted by Crippen LogP contribution is -2.19. The molecule has 1 heterocycles. The number of hydrogen-bond donors (Lipinski definition) is 2. The van der Waals surface area contributed by atoms with E-state index in [1.54, 1.807) is 0 Å². The average Bonchev–Trinajstić information content (AvgIpc) is 3.05. The molecule has 1 aliphatic rings. The number of H-pyrrole nitrogens is 1. The minimum Gasteiger partial charge on any atom is -0.493 e. The van der Waals surface area contributed by atoms with Crippen LogP contribution in [0.25, 0.3) is 0 Å². The van der Waals surface area contributed by atoms with Gasteiger partial charge in [-0.1, -0.05) is 0 Å². The van der Waals surface area contributed by atoms with Crippen LogP contribution in [-0.4, -0.2) is 21.7 Å². The van der Waals surface area contributed by atoms with Crippen LogP contribution in [0.4, 0.5) is 0 Å². The minimum absolute atomic E-state index is 0.191. The van der Waals surface area contributed by atoms with E-state index in [0.717, 1.165) is 12.8 Å². The lowest BCUT2D eigenvalue weighted by Gasteiger charge is -2.15. The fraction of sp³-hybridized carbons (Fsp3) is 0.636. The van der Waals surface area contributed by atoms with Gasteiger partial charge in [-0.25, -0.2) is 0 Å². The first-order valence-corrected chi connectivity index (χ1v) is 5.54. The van der Waals surface area contributed by atoms with Crippen molar-refractivity contribution < 1.29 is 9.84 Å². The molecule has 0 aliphatic heterocycles. The van der Waals surface area contributed by atoms with Gasteiger partial charge in [-0.2, -0.15) is 4.98 Å². The predicted molar refractivity (Wildman–Crippen MR) is 58.4 cm³/mol. The first kappa shape index (κ1) is 11.1. The monoisotopic (exact) mass is 224 g/mol. The molecular weight excluding hydrogens is 208 g/mol. The molecule has 1 fully saturated rings. The van der Waals surface area contributed by atoms with Gasteiger partial charge >= 0.3 is 0 Å². The fourth-order valence-corrected chi connectivity index (χ4v) is 1.69. The van der Waals surface area contributed by atoms with Crippen LogP contribution in [0.1, 0.15) is 37.3 Å². The van der Waals surface area contributed by atoms with E-state index in [1.807, 2.05) is 6.92 Å². The lowest BCUT2D eigenvalue weighted by molar-refractivity contribution is 0.0394. The Morgan fingerprint density at radius 2 is 2.31 bits per heavy atom. The maximum Gasteiger partial charge on any atom is 0.257 e. The van der Waals surface area contributed by atoms with Crippen molar-refractivity contribution in [3.8, 4) is 5.88 Å². The summed E-state index contributed by atoms with van der Waals surface area (Å²) in [5.41, 5.74) is -0.0531. The normalized spacial score (nSPS) is 17.4. The highest BCUT2D eigenvalue weighted by Gasteiger charge is 2.35. The van der Waals surface area contributed by atoms with E-state index in [0.29, 0.717) is 18.3 Å². The number of aromatic nitrogens is 2. The van der Waals surface area contributed by atoms with Crippen LogP contribution in [0.3, 0.4) is 0 Å². The van der Waals surface area contributed by atoms with Gasteiger partial charge in [0, 0.05) is 6.61 Å². The quantitative estimate of drug-likeness (QED) is 0.807. The number of rotatable bonds is 4. The molecule has 1 saturated carbocycles. The number of aromatic amines is 1. The highest BCUT2D eigenvalue weighted by atomic mass is 16.5. The maximum atomic E-state index is 11.5. The van der Waals surface area contributed by atoms with Gasteiger partial charge in [0.25, 0.3) is 5.56 Å². The summed E-state index contributed by atoms with van der Waals surface area (Å²) < 4.78 is 5.56. The van der Waals surface area contributed by atoms with Gasteiger partial charge in [0.2, 0.25) is 5.88 Å². The van der Waals surface area contributed by atoms with Crippen LogP contribution < -0.4 is 5.56 Å². The Labute approximate surface area is 93.5 Å². The minimum atomic E-state index is -0.298. The third-order valence-electron chi connectivity index (χ3n) is 2.81. The van der Waals surface area contributed by atoms with Crippen molar-refractivity contribution in [3.05, 3.63) is 21.7 Å². The second-order valence-electron chi connectivity index (χ2n) is 4.11. The second-order valence-corrected chi connectivity index (χ2v) is 4.11. The van der Waals surface area contributed by atoms with Crippen LogP contribution in [0, 0.1) is 12.8 Å². The summed E-state index contributed by atoms with van der Waals surface area (Å²) in [6.07, 6.45) is 1.98. The number of aromatic hydroxyl groups is 1. The molecule has 1 aromatic heterocycles. The number of nitrogens with one attached hydrogen (secondary N) is 1. The molecule has 1 aliphatic carbocycles. The lowest BCUT2D eigenvalue weighted by atomic mass is 10.2. The van der Waals surface area contributed by atoms with E-state index in [9.17, 15) is 9.90 Å². The Morgan fingerprint density at radius 1 is 1.62 bits per heavy atom. The Hall–Kier alpha value is -1.36. The van der Waals surface area contributed by atoms with Crippen molar-refractivity contribution in [2.24, 2.45) is 5.92 Å². The molecule has 88 valence electrons. The van der Waals surface area contributed by atoms with Crippen LogP contribution in [0.5, 0.6) is 5.88 Å². The van der Waals surface area contributed by atoms with E-state index in [4.69, 9.17) is 4.74 Å². The molecule has 2 rings (SSSR count). The maximum absolute atomic E-state index is 11.5. The van der Waals surface area contributed by atoms with Crippen molar-refractivity contribution in [2.75, 3.05) is 6.61 Å². The largest absolute Gasteiger partial charge is 0.493 e. The Bertz CT molecular complexity index is 437. The molecule has 5 nitrogen and oxygen atoms in total. The molecule has 5 heteroatoms. The van der Waals surface area contributed by atoms with Crippen LogP contribution in [0.2, 0.25) is 0 Å². The molecule has 0 aromatic carbocycles. The summed E-state index contributed by atoms with van der Waals surface area (Å²) in [6.45, 7) is 4.01. The predicted octanol–water partition coefficient (Wildman–Crippen LogP) is 1.27. The standard InChI is InChI=1S/C11H16N2O3/c1-3-16-8(7-4-5-7)9-12-10(14)6(2)11(15)13-9/h7-8H,3-5H2,1-2H3,(H2,12,13,14,15). The summed E-state index contributed by atoms with van der Waals surface area (Å²) in [4.78, 5) is 18.2. The molecule has 0 saturated heterocycles. The molecule has 1 aromatic rings. The molecule has 0 radical (unpaired) electrons. The van der Waals surface area contributed by atoms with E-state index in [2.05, 4.69) is 9.97 Å². The van der Waals surface area contributed by atoms with Crippen molar-refractivity contribution >= 4 is 0 Å². The zero-order chi connectivity index (χ0) is 11.7. The first-order valence-electron chi connectivity index (χ1n) is 5.54. The number of ether oxygens (including phenoxy) is 1. The van der Waals surface area contributed by atoms with E-state index in [-0.39, 0.29) is 23.1 Å². The van der Waals surface area contributed by atoms with Crippen LogP contribution >= 0.6 is 0 Å². The number of hydrogen-bond acceptors (Lipinski definition) is 4. The summed E-state index contributed by atoms with van der Waals surface area (Å²) in [5.74, 6) is 0.659. The Balaban J connectivity index is 2.34. The summed E-state index contributed by atoms with van der Waals surface area (Å²) >= 11 is 0. The van der Waals surface area contributed by atoms with Crippen molar-refractivity contribution in [3.63, 3.8) is 0 Å².